The molecular weight excluding hydrogens is 214 g/mol. The molecule has 0 spiro atoms. The first-order valence-corrected chi connectivity index (χ1v) is 7.11. The van der Waals surface area contributed by atoms with E-state index in [1.807, 2.05) is 0 Å². The van der Waals surface area contributed by atoms with E-state index in [9.17, 15) is 9.90 Å². The molecule has 0 aromatic carbocycles. The maximum atomic E-state index is 12.0. The van der Waals surface area contributed by atoms with Crippen LogP contribution in [0, 0.1) is 17.8 Å². The first kappa shape index (κ1) is 12.9. The summed E-state index contributed by atoms with van der Waals surface area (Å²) >= 11 is 0. The Morgan fingerprint density at radius 3 is 2.47 bits per heavy atom. The van der Waals surface area contributed by atoms with Gasteiger partial charge in [-0.1, -0.05) is 6.92 Å². The lowest BCUT2D eigenvalue weighted by atomic mass is 9.82. The SMILES string of the molecule is CC1CCC(C(=O)NCC2CCC(O)C2)CC1. The summed E-state index contributed by atoms with van der Waals surface area (Å²) in [5.74, 6) is 1.79. The number of aliphatic hydroxyl groups excluding tert-OH is 1. The monoisotopic (exact) mass is 239 g/mol. The Morgan fingerprint density at radius 1 is 1.18 bits per heavy atom. The van der Waals surface area contributed by atoms with Crippen LogP contribution >= 0.6 is 0 Å². The van der Waals surface area contributed by atoms with Gasteiger partial charge in [0.25, 0.3) is 0 Å². The number of aliphatic hydroxyl groups is 1. The van der Waals surface area contributed by atoms with Crippen molar-refractivity contribution in [2.24, 2.45) is 17.8 Å². The van der Waals surface area contributed by atoms with Gasteiger partial charge in [-0.3, -0.25) is 4.79 Å². The van der Waals surface area contributed by atoms with E-state index < -0.39 is 0 Å². The van der Waals surface area contributed by atoms with Gasteiger partial charge in [0.15, 0.2) is 0 Å². The van der Waals surface area contributed by atoms with Crippen LogP contribution in [0.3, 0.4) is 0 Å². The van der Waals surface area contributed by atoms with E-state index in [0.29, 0.717) is 5.92 Å². The largest absolute Gasteiger partial charge is 0.393 e. The summed E-state index contributed by atoms with van der Waals surface area (Å²) in [6.07, 6.45) is 7.20. The number of nitrogens with one attached hydrogen (secondary N) is 1. The third kappa shape index (κ3) is 3.70. The van der Waals surface area contributed by atoms with Gasteiger partial charge in [-0.15, -0.1) is 0 Å². The highest BCUT2D eigenvalue weighted by Crippen LogP contribution is 2.29. The van der Waals surface area contributed by atoms with Crippen LogP contribution in [0.5, 0.6) is 0 Å². The molecule has 98 valence electrons. The van der Waals surface area contributed by atoms with E-state index in [4.69, 9.17) is 0 Å². The Balaban J connectivity index is 1.67. The van der Waals surface area contributed by atoms with Gasteiger partial charge in [0.05, 0.1) is 6.10 Å². The smallest absolute Gasteiger partial charge is 0.223 e. The van der Waals surface area contributed by atoms with Gasteiger partial charge in [-0.25, -0.2) is 0 Å². The van der Waals surface area contributed by atoms with Crippen LogP contribution in [0.25, 0.3) is 0 Å². The van der Waals surface area contributed by atoms with Crippen LogP contribution in [0.2, 0.25) is 0 Å². The molecule has 2 aliphatic rings. The maximum absolute atomic E-state index is 12.0. The Labute approximate surface area is 104 Å². The lowest BCUT2D eigenvalue weighted by molar-refractivity contribution is -0.126. The fourth-order valence-corrected chi connectivity index (χ4v) is 3.15. The number of rotatable bonds is 3. The molecule has 2 rings (SSSR count). The second-order valence-electron chi connectivity index (χ2n) is 6.03. The van der Waals surface area contributed by atoms with E-state index >= 15 is 0 Å². The summed E-state index contributed by atoms with van der Waals surface area (Å²) < 4.78 is 0. The fourth-order valence-electron chi connectivity index (χ4n) is 3.15. The Bertz CT molecular complexity index is 259. The molecule has 0 aromatic heterocycles. The van der Waals surface area contributed by atoms with Crippen LogP contribution in [0.4, 0.5) is 0 Å². The number of carbonyl (C=O) groups is 1. The number of hydrogen-bond donors (Lipinski definition) is 2. The van der Waals surface area contributed by atoms with Crippen molar-refractivity contribution in [2.45, 2.75) is 58.0 Å². The van der Waals surface area contributed by atoms with Crippen LogP contribution in [-0.2, 0) is 4.79 Å². The lowest BCUT2D eigenvalue weighted by Crippen LogP contribution is -2.35. The van der Waals surface area contributed by atoms with Gasteiger partial charge in [0.1, 0.15) is 0 Å². The zero-order valence-corrected chi connectivity index (χ0v) is 10.8. The molecule has 0 aromatic rings. The molecule has 2 fully saturated rings. The summed E-state index contributed by atoms with van der Waals surface area (Å²) in [6, 6.07) is 0. The van der Waals surface area contributed by atoms with E-state index in [0.717, 1.165) is 44.6 Å². The van der Waals surface area contributed by atoms with Gasteiger partial charge >= 0.3 is 0 Å². The molecule has 0 bridgehead atoms. The Kier molecular flexibility index (Phi) is 4.43. The van der Waals surface area contributed by atoms with Gasteiger partial charge in [-0.05, 0) is 56.8 Å². The molecule has 2 N–H and O–H groups in total. The Hall–Kier alpha value is -0.570. The van der Waals surface area contributed by atoms with Gasteiger partial charge in [0, 0.05) is 12.5 Å². The molecule has 2 saturated carbocycles. The maximum Gasteiger partial charge on any atom is 0.223 e. The zero-order valence-electron chi connectivity index (χ0n) is 10.8. The second-order valence-corrected chi connectivity index (χ2v) is 6.03. The molecule has 0 radical (unpaired) electrons. The number of amides is 1. The lowest BCUT2D eigenvalue weighted by Gasteiger charge is -2.25. The van der Waals surface area contributed by atoms with Crippen molar-refractivity contribution in [1.29, 1.82) is 0 Å². The van der Waals surface area contributed by atoms with E-state index in [1.54, 1.807) is 0 Å². The van der Waals surface area contributed by atoms with Crippen molar-refractivity contribution in [2.75, 3.05) is 6.54 Å². The average Bonchev–Trinajstić information content (AvgIpc) is 2.73. The first-order valence-electron chi connectivity index (χ1n) is 7.11. The van der Waals surface area contributed by atoms with Crippen LogP contribution < -0.4 is 5.32 Å². The van der Waals surface area contributed by atoms with Crippen molar-refractivity contribution in [3.8, 4) is 0 Å². The standard InChI is InChI=1S/C14H25NO2/c1-10-2-5-12(6-3-10)14(17)15-9-11-4-7-13(16)8-11/h10-13,16H,2-9H2,1H3,(H,15,17). The van der Waals surface area contributed by atoms with Crippen molar-refractivity contribution in [3.05, 3.63) is 0 Å². The molecule has 3 nitrogen and oxygen atoms in total. The summed E-state index contributed by atoms with van der Waals surface area (Å²) in [5.41, 5.74) is 0. The number of carbonyl (C=O) groups excluding carboxylic acids is 1. The highest BCUT2D eigenvalue weighted by atomic mass is 16.3. The van der Waals surface area contributed by atoms with E-state index in [-0.39, 0.29) is 17.9 Å². The molecule has 1 amide bonds. The van der Waals surface area contributed by atoms with Crippen LogP contribution in [0.15, 0.2) is 0 Å². The Morgan fingerprint density at radius 2 is 1.88 bits per heavy atom. The average molecular weight is 239 g/mol. The molecule has 3 heteroatoms. The topological polar surface area (TPSA) is 49.3 Å². The quantitative estimate of drug-likeness (QED) is 0.792. The van der Waals surface area contributed by atoms with Crippen molar-refractivity contribution in [1.82, 2.24) is 5.32 Å². The third-order valence-electron chi connectivity index (χ3n) is 4.47. The highest BCUT2D eigenvalue weighted by molar-refractivity contribution is 5.78. The molecule has 0 heterocycles. The van der Waals surface area contributed by atoms with Gasteiger partial charge < -0.3 is 10.4 Å². The molecule has 17 heavy (non-hydrogen) atoms. The predicted octanol–water partition coefficient (Wildman–Crippen LogP) is 2.09. The number of hydrogen-bond acceptors (Lipinski definition) is 2. The molecule has 2 atom stereocenters. The van der Waals surface area contributed by atoms with Crippen molar-refractivity contribution < 1.29 is 9.90 Å². The van der Waals surface area contributed by atoms with Crippen LogP contribution in [0.1, 0.15) is 51.9 Å². The zero-order chi connectivity index (χ0) is 12.3. The minimum Gasteiger partial charge on any atom is -0.393 e. The summed E-state index contributed by atoms with van der Waals surface area (Å²) in [5, 5.41) is 12.5. The second kappa shape index (κ2) is 5.85. The van der Waals surface area contributed by atoms with Gasteiger partial charge in [0.2, 0.25) is 5.91 Å². The normalized spacial score (nSPS) is 38.0. The molecule has 2 aliphatic carbocycles. The first-order chi connectivity index (χ1) is 8.15. The van der Waals surface area contributed by atoms with Crippen molar-refractivity contribution >= 4 is 5.91 Å². The minimum atomic E-state index is -0.132. The van der Waals surface area contributed by atoms with Crippen LogP contribution in [-0.4, -0.2) is 23.7 Å². The van der Waals surface area contributed by atoms with E-state index in [1.165, 1.54) is 12.8 Å². The fraction of sp³-hybridized carbons (Fsp3) is 0.929. The van der Waals surface area contributed by atoms with Crippen molar-refractivity contribution in [3.63, 3.8) is 0 Å². The molecular formula is C14H25NO2. The predicted molar refractivity (Wildman–Crippen MR) is 67.5 cm³/mol. The molecule has 0 saturated heterocycles. The summed E-state index contributed by atoms with van der Waals surface area (Å²) in [4.78, 5) is 12.0. The summed E-state index contributed by atoms with van der Waals surface area (Å²) in [6.45, 7) is 3.04. The molecule has 2 unspecified atom stereocenters. The minimum absolute atomic E-state index is 0.132. The van der Waals surface area contributed by atoms with E-state index in [2.05, 4.69) is 12.2 Å². The summed E-state index contributed by atoms with van der Waals surface area (Å²) in [7, 11) is 0. The molecule has 0 aliphatic heterocycles. The van der Waals surface area contributed by atoms with Gasteiger partial charge in [-0.2, -0.15) is 0 Å². The third-order valence-corrected chi connectivity index (χ3v) is 4.47. The highest BCUT2D eigenvalue weighted by Gasteiger charge is 2.26.